The number of ether oxygens (including phenoxy) is 1. The van der Waals surface area contributed by atoms with Crippen molar-refractivity contribution in [3.05, 3.63) is 23.3 Å². The molecule has 0 bridgehead atoms. The minimum atomic E-state index is -4.70. The molecule has 1 rings (SSSR count). The molecule has 0 atom stereocenters. The number of hydrogen-bond donors (Lipinski definition) is 1. The number of rotatable bonds is 3. The van der Waals surface area contributed by atoms with Crippen LogP contribution in [0.3, 0.4) is 0 Å². The smallest absolute Gasteiger partial charge is 0.446 e. The summed E-state index contributed by atoms with van der Waals surface area (Å²) in [4.78, 5) is 10.8. The number of carbonyl (C=O) groups is 1. The van der Waals surface area contributed by atoms with Crippen LogP contribution in [0.25, 0.3) is 0 Å². The van der Waals surface area contributed by atoms with Crippen molar-refractivity contribution in [2.75, 3.05) is 6.61 Å². The number of hydrogen-bond acceptors (Lipinski definition) is 5. The minimum absolute atomic E-state index is 0.0181. The Balaban J connectivity index is 3.35. The quantitative estimate of drug-likeness (QED) is 0.684. The summed E-state index contributed by atoms with van der Waals surface area (Å²) in [6.07, 6.45) is 0. The highest BCUT2D eigenvalue weighted by atomic mass is 32.2. The van der Waals surface area contributed by atoms with E-state index in [-0.39, 0.29) is 12.2 Å². The first-order chi connectivity index (χ1) is 8.80. The zero-order valence-corrected chi connectivity index (χ0v) is 10.4. The molecule has 0 aromatic heterocycles. The molecule has 0 amide bonds. The predicted molar refractivity (Wildman–Crippen MR) is 60.7 cm³/mol. The third-order valence-electron chi connectivity index (χ3n) is 1.97. The van der Waals surface area contributed by atoms with Crippen LogP contribution >= 0.6 is 11.8 Å². The average molecular weight is 291 g/mol. The number of nitrogens with zero attached hydrogens (tertiary/aromatic N) is 1. The molecule has 0 aliphatic rings. The van der Waals surface area contributed by atoms with Gasteiger partial charge in [-0.05, 0) is 30.8 Å². The molecule has 8 heteroatoms. The topological polar surface area (TPSA) is 70.3 Å². The van der Waals surface area contributed by atoms with Crippen molar-refractivity contribution in [2.45, 2.75) is 17.3 Å². The molecule has 0 aliphatic heterocycles. The van der Waals surface area contributed by atoms with Crippen LogP contribution in [0.2, 0.25) is 0 Å². The van der Waals surface area contributed by atoms with Gasteiger partial charge < -0.3 is 9.84 Å². The molecule has 0 unspecified atom stereocenters. The van der Waals surface area contributed by atoms with E-state index in [4.69, 9.17) is 5.26 Å². The first-order valence-electron chi connectivity index (χ1n) is 4.99. The van der Waals surface area contributed by atoms with Crippen molar-refractivity contribution in [3.63, 3.8) is 0 Å². The lowest BCUT2D eigenvalue weighted by Gasteiger charge is -2.12. The average Bonchev–Trinajstić information content (AvgIpc) is 2.30. The predicted octanol–water partition coefficient (Wildman–Crippen LogP) is 3.05. The summed E-state index contributed by atoms with van der Waals surface area (Å²) in [5.41, 5.74) is -5.48. The number of alkyl halides is 3. The summed E-state index contributed by atoms with van der Waals surface area (Å²) in [6, 6.07) is 3.61. The normalized spacial score (nSPS) is 10.9. The number of nitriles is 1. The number of phenols is 1. The Bertz CT molecular complexity index is 537. The van der Waals surface area contributed by atoms with E-state index in [1.807, 2.05) is 0 Å². The van der Waals surface area contributed by atoms with Gasteiger partial charge in [-0.15, -0.1) is 0 Å². The molecular formula is C11H8F3NO3S. The van der Waals surface area contributed by atoms with Crippen LogP contribution in [0.5, 0.6) is 5.75 Å². The lowest BCUT2D eigenvalue weighted by Crippen LogP contribution is -2.09. The summed E-state index contributed by atoms with van der Waals surface area (Å²) < 4.78 is 41.8. The number of benzene rings is 1. The molecule has 1 aromatic carbocycles. The molecule has 0 saturated heterocycles. The van der Waals surface area contributed by atoms with E-state index in [1.54, 1.807) is 0 Å². The second-order valence-electron chi connectivity index (χ2n) is 3.22. The van der Waals surface area contributed by atoms with E-state index in [9.17, 15) is 23.1 Å². The van der Waals surface area contributed by atoms with Crippen LogP contribution in [0.4, 0.5) is 13.2 Å². The van der Waals surface area contributed by atoms with Gasteiger partial charge in [0.2, 0.25) is 0 Å². The van der Waals surface area contributed by atoms with Crippen LogP contribution < -0.4 is 0 Å². The number of carbonyl (C=O) groups excluding carboxylic acids is 1. The van der Waals surface area contributed by atoms with E-state index in [1.165, 1.54) is 13.0 Å². The molecule has 0 radical (unpaired) electrons. The molecule has 0 spiro atoms. The first kappa shape index (κ1) is 15.2. The Morgan fingerprint density at radius 1 is 1.53 bits per heavy atom. The molecule has 1 aromatic rings. The van der Waals surface area contributed by atoms with Gasteiger partial charge in [0.05, 0.1) is 22.6 Å². The molecule has 4 nitrogen and oxygen atoms in total. The monoisotopic (exact) mass is 291 g/mol. The van der Waals surface area contributed by atoms with Crippen molar-refractivity contribution >= 4 is 17.7 Å². The maximum Gasteiger partial charge on any atom is 0.446 e. The zero-order chi connectivity index (χ0) is 14.6. The van der Waals surface area contributed by atoms with E-state index in [2.05, 4.69) is 4.74 Å². The standard InChI is InChI=1S/C11H8F3NO3S/c1-2-18-10(17)7-4-3-6(5-15)8(16)9(7)19-11(12,13)14/h3-4,16H,2H2,1H3. The van der Waals surface area contributed by atoms with Crippen molar-refractivity contribution in [2.24, 2.45) is 0 Å². The Kier molecular flexibility index (Phi) is 4.67. The maximum atomic E-state index is 12.4. The number of halogens is 3. The van der Waals surface area contributed by atoms with E-state index >= 15 is 0 Å². The molecule has 0 aliphatic carbocycles. The van der Waals surface area contributed by atoms with Gasteiger partial charge in [-0.25, -0.2) is 4.79 Å². The van der Waals surface area contributed by atoms with Crippen molar-refractivity contribution in [1.82, 2.24) is 0 Å². The van der Waals surface area contributed by atoms with Gasteiger partial charge in [0, 0.05) is 0 Å². The highest BCUT2D eigenvalue weighted by Crippen LogP contribution is 2.44. The number of phenolic OH excluding ortho intramolecular Hbond substituents is 1. The Labute approximate surface area is 110 Å². The summed E-state index contributed by atoms with van der Waals surface area (Å²) in [6.45, 7) is 1.48. The number of aromatic hydroxyl groups is 1. The third kappa shape index (κ3) is 3.79. The fourth-order valence-corrected chi connectivity index (χ4v) is 1.95. The molecule has 19 heavy (non-hydrogen) atoms. The first-order valence-corrected chi connectivity index (χ1v) is 5.80. The van der Waals surface area contributed by atoms with E-state index in [0.717, 1.165) is 12.1 Å². The zero-order valence-electron chi connectivity index (χ0n) is 9.61. The second kappa shape index (κ2) is 5.84. The summed E-state index contributed by atoms with van der Waals surface area (Å²) in [5.74, 6) is -1.87. The summed E-state index contributed by atoms with van der Waals surface area (Å²) in [5, 5.41) is 18.3. The van der Waals surface area contributed by atoms with Gasteiger partial charge in [-0.3, -0.25) is 0 Å². The highest BCUT2D eigenvalue weighted by molar-refractivity contribution is 8.00. The largest absolute Gasteiger partial charge is 0.505 e. The third-order valence-corrected chi connectivity index (χ3v) is 2.81. The number of thioether (sulfide) groups is 1. The highest BCUT2D eigenvalue weighted by Gasteiger charge is 2.34. The summed E-state index contributed by atoms with van der Waals surface area (Å²) >= 11 is -0.664. The number of esters is 1. The van der Waals surface area contributed by atoms with Crippen molar-refractivity contribution in [1.29, 1.82) is 5.26 Å². The fourth-order valence-electron chi connectivity index (χ4n) is 1.25. The minimum Gasteiger partial charge on any atom is -0.505 e. The van der Waals surface area contributed by atoms with Crippen LogP contribution in [0.15, 0.2) is 17.0 Å². The summed E-state index contributed by atoms with van der Waals surface area (Å²) in [7, 11) is 0. The maximum absolute atomic E-state index is 12.4. The lowest BCUT2D eigenvalue weighted by molar-refractivity contribution is -0.0329. The molecule has 102 valence electrons. The van der Waals surface area contributed by atoms with E-state index < -0.39 is 39.4 Å². The Hall–Kier alpha value is -1.88. The van der Waals surface area contributed by atoms with Gasteiger partial charge in [0.25, 0.3) is 0 Å². The van der Waals surface area contributed by atoms with E-state index in [0.29, 0.717) is 0 Å². The molecule has 0 fully saturated rings. The lowest BCUT2D eigenvalue weighted by atomic mass is 10.1. The van der Waals surface area contributed by atoms with Crippen LogP contribution in [0, 0.1) is 11.3 Å². The van der Waals surface area contributed by atoms with Gasteiger partial charge >= 0.3 is 11.5 Å². The van der Waals surface area contributed by atoms with Crippen molar-refractivity contribution < 1.29 is 27.8 Å². The van der Waals surface area contributed by atoms with Crippen LogP contribution in [-0.2, 0) is 4.74 Å². The Morgan fingerprint density at radius 2 is 2.16 bits per heavy atom. The SMILES string of the molecule is CCOC(=O)c1ccc(C#N)c(O)c1SC(F)(F)F. The van der Waals surface area contributed by atoms with Gasteiger partial charge in [-0.1, -0.05) is 0 Å². The van der Waals surface area contributed by atoms with Crippen LogP contribution in [0.1, 0.15) is 22.8 Å². The molecular weight excluding hydrogens is 283 g/mol. The fraction of sp³-hybridized carbons (Fsp3) is 0.273. The Morgan fingerprint density at radius 3 is 2.63 bits per heavy atom. The molecule has 1 N–H and O–H groups in total. The second-order valence-corrected chi connectivity index (χ2v) is 4.29. The van der Waals surface area contributed by atoms with Gasteiger partial charge in [0.1, 0.15) is 11.8 Å². The van der Waals surface area contributed by atoms with Gasteiger partial charge in [0.15, 0.2) is 0 Å². The molecule has 0 heterocycles. The van der Waals surface area contributed by atoms with Crippen molar-refractivity contribution in [3.8, 4) is 11.8 Å². The van der Waals surface area contributed by atoms with Gasteiger partial charge in [-0.2, -0.15) is 18.4 Å². The van der Waals surface area contributed by atoms with Crippen LogP contribution in [-0.4, -0.2) is 23.2 Å². The molecule has 0 saturated carbocycles.